The van der Waals surface area contributed by atoms with Crippen LogP contribution in [0.4, 0.5) is 0 Å². The minimum atomic E-state index is -3.47. The molecule has 0 aliphatic rings. The van der Waals surface area contributed by atoms with Gasteiger partial charge in [-0.05, 0) is 44.6 Å². The Morgan fingerprint density at radius 3 is 2.33 bits per heavy atom. The molecule has 0 N–H and O–H groups in total. The molecule has 0 saturated heterocycles. The van der Waals surface area contributed by atoms with Crippen molar-refractivity contribution in [3.8, 4) is 0 Å². The first-order valence-electron chi connectivity index (χ1n) is 7.13. The fourth-order valence-corrected chi connectivity index (χ4v) is 4.02. The van der Waals surface area contributed by atoms with E-state index in [1.54, 1.807) is 10.4 Å². The fourth-order valence-electron chi connectivity index (χ4n) is 2.06. The van der Waals surface area contributed by atoms with Gasteiger partial charge in [-0.1, -0.05) is 19.1 Å². The lowest BCUT2D eigenvalue weighted by molar-refractivity contribution is 0.333. The fraction of sp³-hybridized carbons (Fsp3) is 0.600. The zero-order chi connectivity index (χ0) is 16.0. The largest absolute Gasteiger partial charge is 0.308 e. The van der Waals surface area contributed by atoms with E-state index in [2.05, 4.69) is 0 Å². The van der Waals surface area contributed by atoms with Gasteiger partial charge in [-0.15, -0.1) is 11.6 Å². The molecule has 21 heavy (non-hydrogen) atoms. The highest BCUT2D eigenvalue weighted by Gasteiger charge is 2.25. The summed E-state index contributed by atoms with van der Waals surface area (Å²) in [5.41, 5.74) is 1.58. The lowest BCUT2D eigenvalue weighted by Crippen LogP contribution is -2.37. The molecule has 0 aromatic heterocycles. The lowest BCUT2D eigenvalue weighted by Gasteiger charge is -2.24. The van der Waals surface area contributed by atoms with Crippen LogP contribution in [-0.4, -0.2) is 51.4 Å². The highest BCUT2D eigenvalue weighted by Crippen LogP contribution is 2.22. The first-order valence-corrected chi connectivity index (χ1v) is 9.10. The van der Waals surface area contributed by atoms with E-state index in [4.69, 9.17) is 11.6 Å². The second-order valence-electron chi connectivity index (χ2n) is 5.44. The number of hydrogen-bond donors (Lipinski definition) is 0. The van der Waals surface area contributed by atoms with E-state index in [9.17, 15) is 8.42 Å². The van der Waals surface area contributed by atoms with E-state index in [1.165, 1.54) is 0 Å². The van der Waals surface area contributed by atoms with Crippen molar-refractivity contribution >= 4 is 21.6 Å². The molecule has 0 heterocycles. The summed E-state index contributed by atoms with van der Waals surface area (Å²) in [5, 5.41) is 0. The van der Waals surface area contributed by atoms with Gasteiger partial charge in [-0.2, -0.15) is 4.31 Å². The van der Waals surface area contributed by atoms with E-state index in [-0.39, 0.29) is 0 Å². The smallest absolute Gasteiger partial charge is 0.243 e. The third-order valence-corrected chi connectivity index (χ3v) is 5.64. The Bertz CT molecular complexity index is 559. The molecule has 0 bridgehead atoms. The molecule has 4 nitrogen and oxygen atoms in total. The molecule has 0 unspecified atom stereocenters. The average molecular weight is 333 g/mol. The van der Waals surface area contributed by atoms with Crippen LogP contribution in [0.3, 0.4) is 0 Å². The van der Waals surface area contributed by atoms with Gasteiger partial charge in [-0.3, -0.25) is 0 Å². The number of sulfonamides is 1. The minimum Gasteiger partial charge on any atom is -0.308 e. The minimum absolute atomic E-state index is 0.314. The number of rotatable bonds is 8. The second-order valence-corrected chi connectivity index (χ2v) is 7.61. The summed E-state index contributed by atoms with van der Waals surface area (Å²) in [6.07, 6.45) is 0.793. The molecule has 1 aromatic rings. The number of nitrogens with zero attached hydrogens (tertiary/aromatic N) is 2. The molecular formula is C15H25ClN2O2S. The van der Waals surface area contributed by atoms with Crippen molar-refractivity contribution in [1.29, 1.82) is 0 Å². The normalized spacial score (nSPS) is 12.3. The Morgan fingerprint density at radius 2 is 1.81 bits per heavy atom. The van der Waals surface area contributed by atoms with Gasteiger partial charge in [0, 0.05) is 25.5 Å². The summed E-state index contributed by atoms with van der Waals surface area (Å²) in [6, 6.07) is 5.38. The van der Waals surface area contributed by atoms with Gasteiger partial charge in [0.15, 0.2) is 0 Å². The van der Waals surface area contributed by atoms with Crippen LogP contribution in [0.1, 0.15) is 24.5 Å². The third kappa shape index (κ3) is 4.95. The molecule has 0 saturated carbocycles. The van der Waals surface area contributed by atoms with Gasteiger partial charge in [0.2, 0.25) is 10.0 Å². The molecule has 6 heteroatoms. The molecule has 0 radical (unpaired) electrons. The third-order valence-electron chi connectivity index (χ3n) is 3.29. The maximum Gasteiger partial charge on any atom is 0.243 e. The molecular weight excluding hydrogens is 308 g/mol. The van der Waals surface area contributed by atoms with Gasteiger partial charge in [0.25, 0.3) is 0 Å². The summed E-state index contributed by atoms with van der Waals surface area (Å²) < 4.78 is 27.3. The Morgan fingerprint density at radius 1 is 1.14 bits per heavy atom. The molecule has 0 amide bonds. The van der Waals surface area contributed by atoms with Crippen LogP contribution in [0.5, 0.6) is 0 Å². The van der Waals surface area contributed by atoms with Gasteiger partial charge >= 0.3 is 0 Å². The number of alkyl halides is 1. The van der Waals surface area contributed by atoms with Crippen molar-refractivity contribution in [2.75, 3.05) is 33.7 Å². The average Bonchev–Trinajstić information content (AvgIpc) is 2.43. The molecule has 0 spiro atoms. The standard InChI is InChI=1S/C15H25ClN2O2S/c1-5-8-18(10-9-17(3)4)21(19,20)15-11-14(12-16)7-6-13(15)2/h6-7,11H,5,8-10,12H2,1-4H3. The first-order chi connectivity index (χ1) is 9.82. The van der Waals surface area contributed by atoms with Crippen molar-refractivity contribution in [1.82, 2.24) is 9.21 Å². The summed E-state index contributed by atoms with van der Waals surface area (Å²) >= 11 is 5.83. The summed E-state index contributed by atoms with van der Waals surface area (Å²) in [6.45, 7) is 5.53. The quantitative estimate of drug-likeness (QED) is 0.687. The highest BCUT2D eigenvalue weighted by molar-refractivity contribution is 7.89. The Labute approximate surface area is 133 Å². The summed E-state index contributed by atoms with van der Waals surface area (Å²) in [4.78, 5) is 2.35. The van der Waals surface area contributed by atoms with Crippen LogP contribution in [0.2, 0.25) is 0 Å². The summed E-state index contributed by atoms with van der Waals surface area (Å²) in [5.74, 6) is 0.314. The number of aryl methyl sites for hydroxylation is 1. The van der Waals surface area contributed by atoms with Crippen LogP contribution in [-0.2, 0) is 15.9 Å². The monoisotopic (exact) mass is 332 g/mol. The highest BCUT2D eigenvalue weighted by atomic mass is 35.5. The maximum absolute atomic E-state index is 12.9. The van der Waals surface area contributed by atoms with Crippen molar-refractivity contribution in [3.63, 3.8) is 0 Å². The zero-order valence-corrected chi connectivity index (χ0v) is 14.8. The van der Waals surface area contributed by atoms with Gasteiger partial charge < -0.3 is 4.90 Å². The second kappa shape index (κ2) is 8.13. The van der Waals surface area contributed by atoms with E-state index in [0.29, 0.717) is 30.4 Å². The first kappa shape index (κ1) is 18.4. The molecule has 1 aromatic carbocycles. The summed E-state index contributed by atoms with van der Waals surface area (Å²) in [7, 11) is 0.407. The molecule has 0 atom stereocenters. The van der Waals surface area contributed by atoms with Gasteiger partial charge in [0.05, 0.1) is 4.90 Å². The Balaban J connectivity index is 3.15. The number of halogens is 1. The number of hydrogen-bond acceptors (Lipinski definition) is 3. The Hall–Kier alpha value is -0.620. The Kier molecular flexibility index (Phi) is 7.13. The predicted octanol–water partition coefficient (Wildman–Crippen LogP) is 2.70. The van der Waals surface area contributed by atoms with Crippen molar-refractivity contribution in [3.05, 3.63) is 29.3 Å². The van der Waals surface area contributed by atoms with E-state index in [1.807, 2.05) is 45.0 Å². The van der Waals surface area contributed by atoms with Crippen molar-refractivity contribution < 1.29 is 8.42 Å². The van der Waals surface area contributed by atoms with Crippen LogP contribution in [0.15, 0.2) is 23.1 Å². The van der Waals surface area contributed by atoms with Crippen LogP contribution in [0.25, 0.3) is 0 Å². The molecule has 0 aliphatic carbocycles. The van der Waals surface area contributed by atoms with Crippen molar-refractivity contribution in [2.45, 2.75) is 31.0 Å². The van der Waals surface area contributed by atoms with Crippen LogP contribution < -0.4 is 0 Å². The molecule has 120 valence electrons. The predicted molar refractivity (Wildman–Crippen MR) is 88.3 cm³/mol. The maximum atomic E-state index is 12.9. The van der Waals surface area contributed by atoms with Crippen molar-refractivity contribution in [2.24, 2.45) is 0 Å². The van der Waals surface area contributed by atoms with E-state index in [0.717, 1.165) is 17.5 Å². The van der Waals surface area contributed by atoms with E-state index < -0.39 is 10.0 Å². The zero-order valence-electron chi connectivity index (χ0n) is 13.3. The van der Waals surface area contributed by atoms with Gasteiger partial charge in [-0.25, -0.2) is 8.42 Å². The lowest BCUT2D eigenvalue weighted by atomic mass is 10.2. The topological polar surface area (TPSA) is 40.6 Å². The molecule has 0 aliphatic heterocycles. The molecule has 0 fully saturated rings. The van der Waals surface area contributed by atoms with Gasteiger partial charge in [0.1, 0.15) is 0 Å². The SMILES string of the molecule is CCCN(CCN(C)C)S(=O)(=O)c1cc(CCl)ccc1C. The van der Waals surface area contributed by atoms with E-state index >= 15 is 0 Å². The molecule has 1 rings (SSSR count). The number of likely N-dealkylation sites (N-methyl/N-ethyl adjacent to an activating group) is 1. The number of benzene rings is 1. The van der Waals surface area contributed by atoms with Crippen LogP contribution >= 0.6 is 11.6 Å². The van der Waals surface area contributed by atoms with Crippen LogP contribution in [0, 0.1) is 6.92 Å².